The Kier molecular flexibility index (Phi) is 4.02. The van der Waals surface area contributed by atoms with E-state index in [9.17, 15) is 4.79 Å². The molecule has 2 N–H and O–H groups in total. The maximum atomic E-state index is 12.9. The third-order valence-electron chi connectivity index (χ3n) is 4.29. The predicted octanol–water partition coefficient (Wildman–Crippen LogP) is 1.61. The van der Waals surface area contributed by atoms with Crippen LogP contribution in [0.4, 0.5) is 5.82 Å². The fourth-order valence-electron chi connectivity index (χ4n) is 3.05. The molecule has 1 amide bonds. The molecule has 0 aliphatic carbocycles. The maximum Gasteiger partial charge on any atom is 0.275 e. The number of nitrogens with one attached hydrogen (secondary N) is 2. The number of H-pyrrole nitrogens is 1. The Balaban J connectivity index is 1.60. The molecule has 1 aliphatic rings. The van der Waals surface area contributed by atoms with E-state index in [1.165, 1.54) is 0 Å². The van der Waals surface area contributed by atoms with Gasteiger partial charge in [0.05, 0.1) is 18.7 Å². The van der Waals surface area contributed by atoms with Crippen molar-refractivity contribution in [3.63, 3.8) is 0 Å². The standard InChI is InChI=1S/C17H18N6O2/c1-18-16-15(19-6-7-20-16)13-10-23(8-9-25-13)17(24)14-11-4-2-3-5-12(11)21-22-14/h2-7,13H,8-10H2,1H3,(H,18,20)(H,21,22)/t13-/m0/s1. The van der Waals surface area contributed by atoms with Crippen molar-refractivity contribution in [3.8, 4) is 0 Å². The molecule has 3 heterocycles. The first-order valence-corrected chi connectivity index (χ1v) is 8.10. The van der Waals surface area contributed by atoms with Gasteiger partial charge in [0.25, 0.3) is 5.91 Å². The molecular weight excluding hydrogens is 320 g/mol. The Morgan fingerprint density at radius 3 is 3.04 bits per heavy atom. The summed E-state index contributed by atoms with van der Waals surface area (Å²) < 4.78 is 5.83. The first-order chi connectivity index (χ1) is 12.3. The van der Waals surface area contributed by atoms with E-state index in [0.29, 0.717) is 36.9 Å². The molecule has 1 fully saturated rings. The summed E-state index contributed by atoms with van der Waals surface area (Å²) in [6.45, 7) is 1.37. The lowest BCUT2D eigenvalue weighted by atomic mass is 10.1. The molecule has 128 valence electrons. The quantitative estimate of drug-likeness (QED) is 0.753. The zero-order chi connectivity index (χ0) is 17.2. The first-order valence-electron chi connectivity index (χ1n) is 8.10. The minimum absolute atomic E-state index is 0.111. The van der Waals surface area contributed by atoms with E-state index in [0.717, 1.165) is 10.9 Å². The number of amides is 1. The van der Waals surface area contributed by atoms with Gasteiger partial charge in [-0.25, -0.2) is 4.98 Å². The number of carbonyl (C=O) groups excluding carboxylic acids is 1. The van der Waals surface area contributed by atoms with Crippen molar-refractivity contribution in [2.75, 3.05) is 32.1 Å². The number of aromatic amines is 1. The minimum atomic E-state index is -0.320. The summed E-state index contributed by atoms with van der Waals surface area (Å²) in [6.07, 6.45) is 2.93. The fourth-order valence-corrected chi connectivity index (χ4v) is 3.05. The van der Waals surface area contributed by atoms with Crippen LogP contribution in [0.15, 0.2) is 36.7 Å². The Bertz CT molecular complexity index is 909. The van der Waals surface area contributed by atoms with E-state index in [-0.39, 0.29) is 12.0 Å². The summed E-state index contributed by atoms with van der Waals surface area (Å²) in [5, 5.41) is 11.0. The van der Waals surface area contributed by atoms with Crippen LogP contribution in [-0.4, -0.2) is 57.7 Å². The summed E-state index contributed by atoms with van der Waals surface area (Å²) >= 11 is 0. The van der Waals surface area contributed by atoms with Crippen molar-refractivity contribution in [1.82, 2.24) is 25.1 Å². The molecule has 1 aromatic carbocycles. The Hall–Kier alpha value is -3.00. The minimum Gasteiger partial charge on any atom is -0.372 e. The highest BCUT2D eigenvalue weighted by Gasteiger charge is 2.30. The molecule has 0 saturated carbocycles. The van der Waals surface area contributed by atoms with Crippen LogP contribution in [0.5, 0.6) is 0 Å². The Labute approximate surface area is 144 Å². The number of para-hydroxylation sites is 1. The van der Waals surface area contributed by atoms with Crippen molar-refractivity contribution in [1.29, 1.82) is 0 Å². The summed E-state index contributed by atoms with van der Waals surface area (Å²) in [6, 6.07) is 7.61. The number of anilines is 1. The summed E-state index contributed by atoms with van der Waals surface area (Å²) in [4.78, 5) is 23.3. The SMILES string of the molecule is CNc1nccnc1[C@@H]1CN(C(=O)c2n[nH]c3ccccc23)CCO1. The molecular formula is C17H18N6O2. The highest BCUT2D eigenvalue weighted by atomic mass is 16.5. The third kappa shape index (κ3) is 2.80. The average molecular weight is 338 g/mol. The number of carbonyl (C=O) groups is 1. The van der Waals surface area contributed by atoms with Crippen LogP contribution in [0, 0.1) is 0 Å². The van der Waals surface area contributed by atoms with Gasteiger partial charge in [-0.3, -0.25) is 14.9 Å². The summed E-state index contributed by atoms with van der Waals surface area (Å²) in [7, 11) is 1.79. The zero-order valence-electron chi connectivity index (χ0n) is 13.8. The number of nitrogens with zero attached hydrogens (tertiary/aromatic N) is 4. The van der Waals surface area contributed by atoms with E-state index in [1.54, 1.807) is 24.3 Å². The average Bonchev–Trinajstić information content (AvgIpc) is 3.11. The number of aromatic nitrogens is 4. The molecule has 0 radical (unpaired) electrons. The van der Waals surface area contributed by atoms with Crippen molar-refractivity contribution in [2.45, 2.75) is 6.10 Å². The second kappa shape index (κ2) is 6.48. The number of rotatable bonds is 3. The number of hydrogen-bond donors (Lipinski definition) is 2. The highest BCUT2D eigenvalue weighted by molar-refractivity contribution is 6.04. The van der Waals surface area contributed by atoms with Gasteiger partial charge in [-0.2, -0.15) is 5.10 Å². The molecule has 1 saturated heterocycles. The lowest BCUT2D eigenvalue weighted by molar-refractivity contribution is -0.0246. The molecule has 1 atom stereocenters. The van der Waals surface area contributed by atoms with Gasteiger partial charge in [0.2, 0.25) is 0 Å². The van der Waals surface area contributed by atoms with Crippen LogP contribution < -0.4 is 5.32 Å². The third-order valence-corrected chi connectivity index (χ3v) is 4.29. The Morgan fingerprint density at radius 1 is 1.32 bits per heavy atom. The van der Waals surface area contributed by atoms with Crippen LogP contribution in [0.1, 0.15) is 22.3 Å². The summed E-state index contributed by atoms with van der Waals surface area (Å²) in [5.41, 5.74) is 1.99. The van der Waals surface area contributed by atoms with Crippen molar-refractivity contribution >= 4 is 22.6 Å². The smallest absolute Gasteiger partial charge is 0.275 e. The van der Waals surface area contributed by atoms with Crippen molar-refractivity contribution in [2.24, 2.45) is 0 Å². The second-order valence-electron chi connectivity index (χ2n) is 5.77. The maximum absolute atomic E-state index is 12.9. The van der Waals surface area contributed by atoms with Crippen LogP contribution in [0.2, 0.25) is 0 Å². The second-order valence-corrected chi connectivity index (χ2v) is 5.77. The van der Waals surface area contributed by atoms with Gasteiger partial charge >= 0.3 is 0 Å². The molecule has 2 aromatic heterocycles. The van der Waals surface area contributed by atoms with Crippen LogP contribution in [-0.2, 0) is 4.74 Å². The topological polar surface area (TPSA) is 96.0 Å². The Morgan fingerprint density at radius 2 is 2.16 bits per heavy atom. The van der Waals surface area contributed by atoms with Gasteiger partial charge in [0, 0.05) is 31.4 Å². The van der Waals surface area contributed by atoms with Gasteiger partial charge < -0.3 is 15.0 Å². The van der Waals surface area contributed by atoms with E-state index in [2.05, 4.69) is 25.5 Å². The number of fused-ring (bicyclic) bond motifs is 1. The van der Waals surface area contributed by atoms with Crippen LogP contribution >= 0.6 is 0 Å². The largest absolute Gasteiger partial charge is 0.372 e. The molecule has 3 aromatic rings. The van der Waals surface area contributed by atoms with E-state index in [4.69, 9.17) is 4.74 Å². The van der Waals surface area contributed by atoms with Crippen LogP contribution in [0.3, 0.4) is 0 Å². The first kappa shape index (κ1) is 15.5. The fraction of sp³-hybridized carbons (Fsp3) is 0.294. The molecule has 25 heavy (non-hydrogen) atoms. The summed E-state index contributed by atoms with van der Waals surface area (Å²) in [5.74, 6) is 0.549. The van der Waals surface area contributed by atoms with E-state index >= 15 is 0 Å². The number of morpholine rings is 1. The number of ether oxygens (including phenoxy) is 1. The molecule has 0 unspecified atom stereocenters. The van der Waals surface area contributed by atoms with E-state index < -0.39 is 0 Å². The number of hydrogen-bond acceptors (Lipinski definition) is 6. The van der Waals surface area contributed by atoms with Crippen LogP contribution in [0.25, 0.3) is 10.9 Å². The van der Waals surface area contributed by atoms with Crippen molar-refractivity contribution in [3.05, 3.63) is 48.0 Å². The molecule has 8 nitrogen and oxygen atoms in total. The van der Waals surface area contributed by atoms with E-state index in [1.807, 2.05) is 24.3 Å². The molecule has 0 bridgehead atoms. The number of benzene rings is 1. The normalized spacial score (nSPS) is 17.6. The molecule has 1 aliphatic heterocycles. The highest BCUT2D eigenvalue weighted by Crippen LogP contribution is 2.26. The van der Waals surface area contributed by atoms with Gasteiger partial charge in [-0.1, -0.05) is 18.2 Å². The molecule has 4 rings (SSSR count). The van der Waals surface area contributed by atoms with Gasteiger partial charge in [0.15, 0.2) is 5.69 Å². The lowest BCUT2D eigenvalue weighted by Gasteiger charge is -2.32. The van der Waals surface area contributed by atoms with Gasteiger partial charge in [-0.15, -0.1) is 0 Å². The van der Waals surface area contributed by atoms with Crippen molar-refractivity contribution < 1.29 is 9.53 Å². The molecule has 0 spiro atoms. The monoisotopic (exact) mass is 338 g/mol. The van der Waals surface area contributed by atoms with Gasteiger partial charge in [-0.05, 0) is 6.07 Å². The van der Waals surface area contributed by atoms with Gasteiger partial charge in [0.1, 0.15) is 17.6 Å². The zero-order valence-corrected chi connectivity index (χ0v) is 13.8. The lowest BCUT2D eigenvalue weighted by Crippen LogP contribution is -2.42. The molecule has 8 heteroatoms. The predicted molar refractivity (Wildman–Crippen MR) is 92.3 cm³/mol.